The van der Waals surface area contributed by atoms with Gasteiger partial charge in [-0.25, -0.2) is 4.98 Å². The van der Waals surface area contributed by atoms with Crippen LogP contribution in [0.25, 0.3) is 22.2 Å². The zero-order valence-electron chi connectivity index (χ0n) is 19.6. The number of piperazine rings is 1. The van der Waals surface area contributed by atoms with E-state index in [2.05, 4.69) is 51.0 Å². The van der Waals surface area contributed by atoms with Gasteiger partial charge in [0.25, 0.3) is 0 Å². The van der Waals surface area contributed by atoms with Crippen LogP contribution in [0.15, 0.2) is 60.9 Å². The number of aliphatic hydroxyl groups excluding tert-OH is 1. The maximum absolute atomic E-state index is 10.3. The molecule has 1 saturated heterocycles. The summed E-state index contributed by atoms with van der Waals surface area (Å²) in [5.74, 6) is 1.51. The molecule has 8 heteroatoms. The molecule has 4 aromatic rings. The van der Waals surface area contributed by atoms with Crippen molar-refractivity contribution < 1.29 is 9.84 Å². The molecule has 2 N–H and O–H groups in total. The molecule has 0 aliphatic carbocycles. The Bertz CT molecular complexity index is 1220. The number of aromatic nitrogens is 4. The van der Waals surface area contributed by atoms with Crippen LogP contribution in [-0.2, 0) is 6.54 Å². The quantitative estimate of drug-likeness (QED) is 0.434. The zero-order valence-corrected chi connectivity index (χ0v) is 19.6. The molecular formula is C26H30N6O2. The number of nitrogens with zero attached hydrogens (tertiary/aromatic N) is 5. The standard InChI is InChI=1S/C26H30N6O2/c1-18(2)26(33)32-13-11-31(12-14-32)17-21-5-3-19-15-22(6-7-23(19)29-21)34-25-8-4-20(16-27-25)24-9-10-28-30-24/h3-10,15-16,18,26,33H,11-14,17H2,1-2H3,(H,28,30). The molecule has 8 nitrogen and oxygen atoms in total. The summed E-state index contributed by atoms with van der Waals surface area (Å²) in [5, 5.41) is 18.2. The van der Waals surface area contributed by atoms with Crippen molar-refractivity contribution in [2.75, 3.05) is 26.2 Å². The average Bonchev–Trinajstić information content (AvgIpc) is 3.40. The summed E-state index contributed by atoms with van der Waals surface area (Å²) in [6, 6.07) is 15.8. The fourth-order valence-corrected chi connectivity index (χ4v) is 4.27. The number of hydrogen-bond donors (Lipinski definition) is 2. The van der Waals surface area contributed by atoms with Crippen molar-refractivity contribution in [1.82, 2.24) is 30.0 Å². The van der Waals surface area contributed by atoms with Crippen LogP contribution in [0.5, 0.6) is 11.6 Å². The van der Waals surface area contributed by atoms with Crippen LogP contribution >= 0.6 is 0 Å². The molecule has 1 aliphatic rings. The molecule has 0 saturated carbocycles. The van der Waals surface area contributed by atoms with E-state index in [1.165, 1.54) is 0 Å². The normalized spacial score (nSPS) is 16.2. The second-order valence-electron chi connectivity index (χ2n) is 9.08. The van der Waals surface area contributed by atoms with Crippen LogP contribution < -0.4 is 4.74 Å². The summed E-state index contributed by atoms with van der Waals surface area (Å²) in [6.07, 6.45) is 3.12. The van der Waals surface area contributed by atoms with Crippen LogP contribution in [0, 0.1) is 5.92 Å². The van der Waals surface area contributed by atoms with Gasteiger partial charge in [-0.15, -0.1) is 0 Å². The molecule has 1 unspecified atom stereocenters. The first kappa shape index (κ1) is 22.5. The lowest BCUT2D eigenvalue weighted by Gasteiger charge is -2.38. The van der Waals surface area contributed by atoms with Crippen LogP contribution in [0.1, 0.15) is 19.5 Å². The van der Waals surface area contributed by atoms with Crippen LogP contribution in [0.4, 0.5) is 0 Å². The van der Waals surface area contributed by atoms with Crippen molar-refractivity contribution in [2.24, 2.45) is 5.92 Å². The van der Waals surface area contributed by atoms with Crippen LogP contribution in [0.2, 0.25) is 0 Å². The molecule has 0 bridgehead atoms. The second-order valence-corrected chi connectivity index (χ2v) is 9.08. The molecule has 4 heterocycles. The molecule has 0 radical (unpaired) electrons. The first-order chi connectivity index (χ1) is 16.5. The lowest BCUT2D eigenvalue weighted by molar-refractivity contribution is -0.0534. The third-order valence-electron chi connectivity index (χ3n) is 6.25. The van der Waals surface area contributed by atoms with E-state index >= 15 is 0 Å². The lowest BCUT2D eigenvalue weighted by atomic mass is 10.1. The number of ether oxygens (including phenoxy) is 1. The van der Waals surface area contributed by atoms with Gasteiger partial charge in [-0.3, -0.25) is 19.9 Å². The van der Waals surface area contributed by atoms with Gasteiger partial charge in [0.05, 0.1) is 16.9 Å². The first-order valence-corrected chi connectivity index (χ1v) is 11.7. The molecule has 0 amide bonds. The maximum Gasteiger partial charge on any atom is 0.219 e. The predicted octanol–water partition coefficient (Wildman–Crippen LogP) is 3.90. The van der Waals surface area contributed by atoms with Gasteiger partial charge in [0.1, 0.15) is 12.0 Å². The van der Waals surface area contributed by atoms with Gasteiger partial charge in [0, 0.05) is 62.1 Å². The van der Waals surface area contributed by atoms with Crippen molar-refractivity contribution in [3.05, 3.63) is 66.6 Å². The number of benzene rings is 1. The number of H-pyrrole nitrogens is 1. The van der Waals surface area contributed by atoms with Gasteiger partial charge in [-0.2, -0.15) is 5.10 Å². The highest BCUT2D eigenvalue weighted by atomic mass is 16.5. The SMILES string of the molecule is CC(C)C(O)N1CCN(Cc2ccc3cc(Oc4ccc(-c5ccn[nH]5)cn4)ccc3n2)CC1. The summed E-state index contributed by atoms with van der Waals surface area (Å²) in [7, 11) is 0. The Balaban J connectivity index is 1.21. The van der Waals surface area contributed by atoms with Crippen molar-refractivity contribution in [2.45, 2.75) is 26.6 Å². The third kappa shape index (κ3) is 5.09. The fraction of sp³-hybridized carbons (Fsp3) is 0.346. The summed E-state index contributed by atoms with van der Waals surface area (Å²) in [6.45, 7) is 8.55. The van der Waals surface area contributed by atoms with E-state index in [1.807, 2.05) is 36.4 Å². The van der Waals surface area contributed by atoms with Crippen molar-refractivity contribution in [3.8, 4) is 22.9 Å². The fourth-order valence-electron chi connectivity index (χ4n) is 4.27. The summed E-state index contributed by atoms with van der Waals surface area (Å²) in [5.41, 5.74) is 3.87. The summed E-state index contributed by atoms with van der Waals surface area (Å²) in [4.78, 5) is 13.8. The Morgan fingerprint density at radius 3 is 2.59 bits per heavy atom. The zero-order chi connectivity index (χ0) is 23.5. The Morgan fingerprint density at radius 1 is 1.03 bits per heavy atom. The van der Waals surface area contributed by atoms with Gasteiger partial charge >= 0.3 is 0 Å². The maximum atomic E-state index is 10.3. The van der Waals surface area contributed by atoms with Crippen molar-refractivity contribution in [3.63, 3.8) is 0 Å². The number of aromatic amines is 1. The molecule has 1 aliphatic heterocycles. The lowest BCUT2D eigenvalue weighted by Crippen LogP contribution is -2.51. The largest absolute Gasteiger partial charge is 0.439 e. The van der Waals surface area contributed by atoms with Gasteiger partial charge in [0.2, 0.25) is 5.88 Å². The molecule has 1 fully saturated rings. The molecule has 0 spiro atoms. The second kappa shape index (κ2) is 9.89. The van der Waals surface area contributed by atoms with E-state index in [0.717, 1.165) is 66.3 Å². The average molecular weight is 459 g/mol. The molecule has 176 valence electrons. The number of rotatable bonds is 7. The highest BCUT2D eigenvalue weighted by Crippen LogP contribution is 2.26. The topological polar surface area (TPSA) is 90.4 Å². The molecular weight excluding hydrogens is 428 g/mol. The van der Waals surface area contributed by atoms with Crippen molar-refractivity contribution in [1.29, 1.82) is 0 Å². The predicted molar refractivity (Wildman–Crippen MR) is 131 cm³/mol. The highest BCUT2D eigenvalue weighted by molar-refractivity contribution is 5.80. The Morgan fingerprint density at radius 2 is 1.88 bits per heavy atom. The van der Waals surface area contributed by atoms with Gasteiger partial charge < -0.3 is 9.84 Å². The van der Waals surface area contributed by atoms with E-state index in [4.69, 9.17) is 9.72 Å². The molecule has 3 aromatic heterocycles. The van der Waals surface area contributed by atoms with Crippen molar-refractivity contribution >= 4 is 10.9 Å². The Kier molecular flexibility index (Phi) is 6.53. The smallest absolute Gasteiger partial charge is 0.219 e. The molecule has 5 rings (SSSR count). The van der Waals surface area contributed by atoms with E-state index in [1.54, 1.807) is 12.4 Å². The van der Waals surface area contributed by atoms with E-state index in [9.17, 15) is 5.11 Å². The summed E-state index contributed by atoms with van der Waals surface area (Å²) < 4.78 is 5.96. The van der Waals surface area contributed by atoms with E-state index in [0.29, 0.717) is 5.88 Å². The van der Waals surface area contributed by atoms with Gasteiger partial charge in [0.15, 0.2) is 0 Å². The first-order valence-electron chi connectivity index (χ1n) is 11.7. The molecule has 1 atom stereocenters. The highest BCUT2D eigenvalue weighted by Gasteiger charge is 2.24. The Labute approximate surface area is 199 Å². The third-order valence-corrected chi connectivity index (χ3v) is 6.25. The number of fused-ring (bicyclic) bond motifs is 1. The number of nitrogens with one attached hydrogen (secondary N) is 1. The minimum Gasteiger partial charge on any atom is -0.439 e. The summed E-state index contributed by atoms with van der Waals surface area (Å²) >= 11 is 0. The van der Waals surface area contributed by atoms with E-state index < -0.39 is 0 Å². The number of pyridine rings is 2. The molecule has 34 heavy (non-hydrogen) atoms. The van der Waals surface area contributed by atoms with Gasteiger partial charge in [-0.1, -0.05) is 19.9 Å². The number of hydrogen-bond acceptors (Lipinski definition) is 7. The molecule has 1 aromatic carbocycles. The van der Waals surface area contributed by atoms with Gasteiger partial charge in [-0.05, 0) is 42.3 Å². The van der Waals surface area contributed by atoms with Crippen LogP contribution in [-0.4, -0.2) is 67.5 Å². The number of aliphatic hydroxyl groups is 1. The monoisotopic (exact) mass is 458 g/mol. The minimum absolute atomic E-state index is 0.250. The van der Waals surface area contributed by atoms with E-state index in [-0.39, 0.29) is 12.1 Å². The van der Waals surface area contributed by atoms with Crippen LogP contribution in [0.3, 0.4) is 0 Å². The minimum atomic E-state index is -0.359. The Hall–Kier alpha value is -3.33.